The van der Waals surface area contributed by atoms with Crippen LogP contribution in [0.15, 0.2) is 17.2 Å². The summed E-state index contributed by atoms with van der Waals surface area (Å²) >= 11 is 1.08. The number of hydrogen-bond donors (Lipinski definition) is 0. The van der Waals surface area contributed by atoms with E-state index in [2.05, 4.69) is 11.9 Å². The third-order valence-electron chi connectivity index (χ3n) is 1.94. The van der Waals surface area contributed by atoms with Gasteiger partial charge in [-0.3, -0.25) is 0 Å². The zero-order chi connectivity index (χ0) is 12.0. The van der Waals surface area contributed by atoms with Gasteiger partial charge in [-0.2, -0.15) is 5.26 Å². The molecule has 84 valence electrons. The quantitative estimate of drug-likeness (QED) is 0.682. The largest absolute Gasteiger partial charge is 0.549 e. The average molecular weight is 236 g/mol. The number of hydrogen-bond acceptors (Lipinski definition) is 4. The van der Waals surface area contributed by atoms with Crippen molar-refractivity contribution >= 4 is 17.7 Å². The lowest BCUT2D eigenvalue weighted by Crippen LogP contribution is -2.25. The van der Waals surface area contributed by atoms with E-state index in [-0.39, 0.29) is 5.75 Å². The summed E-state index contributed by atoms with van der Waals surface area (Å²) < 4.78 is 0. The molecule has 1 aromatic rings. The molecule has 1 heterocycles. The number of carboxylic acid groups (broad SMARTS) is 1. The molecule has 1 rings (SSSR count). The molecule has 16 heavy (non-hydrogen) atoms. The first kappa shape index (κ1) is 12.5. The van der Waals surface area contributed by atoms with E-state index in [0.717, 1.165) is 30.3 Å². The Labute approximate surface area is 98.3 Å². The van der Waals surface area contributed by atoms with Gasteiger partial charge in [0.15, 0.2) is 5.69 Å². The van der Waals surface area contributed by atoms with Crippen LogP contribution in [0.5, 0.6) is 0 Å². The molecular formula is C11H12N2O2S. The van der Waals surface area contributed by atoms with Crippen LogP contribution < -0.4 is 10.1 Å². The third kappa shape index (κ3) is 3.55. The van der Waals surface area contributed by atoms with Crippen LogP contribution in [0.1, 0.15) is 24.6 Å². The number of aliphatic carboxylic acids is 1. The van der Waals surface area contributed by atoms with Gasteiger partial charge in [-0.15, -0.1) is 0 Å². The number of carbonyl (C=O) groups excluding carboxylic acids is 1. The Balaban J connectivity index is 2.89. The van der Waals surface area contributed by atoms with Crippen molar-refractivity contribution in [3.63, 3.8) is 0 Å². The summed E-state index contributed by atoms with van der Waals surface area (Å²) in [6.45, 7) is 2.06. The molecule has 0 bridgehead atoms. The molecule has 0 atom stereocenters. The summed E-state index contributed by atoms with van der Waals surface area (Å²) in [7, 11) is 0. The van der Waals surface area contributed by atoms with Crippen LogP contribution in [0.3, 0.4) is 0 Å². The number of aryl methyl sites for hydroxylation is 1. The number of nitrogens with zero attached hydrogens (tertiary/aromatic N) is 1. The molecule has 0 spiro atoms. The van der Waals surface area contributed by atoms with Crippen LogP contribution in [0.4, 0.5) is 0 Å². The Morgan fingerprint density at radius 2 is 2.38 bits per heavy atom. The summed E-state index contributed by atoms with van der Waals surface area (Å²) in [6.07, 6.45) is 1.87. The van der Waals surface area contributed by atoms with E-state index in [9.17, 15) is 9.90 Å². The second kappa shape index (κ2) is 6.13. The Bertz CT molecular complexity index is 426. The highest BCUT2D eigenvalue weighted by atomic mass is 32.2. The third-order valence-corrected chi connectivity index (χ3v) is 2.93. The molecule has 0 aliphatic carbocycles. The molecule has 0 saturated heterocycles. The number of aromatic amines is 1. The van der Waals surface area contributed by atoms with E-state index in [1.807, 2.05) is 12.1 Å². The summed E-state index contributed by atoms with van der Waals surface area (Å²) in [5.74, 6) is -1.29. The molecule has 1 aromatic heterocycles. The highest BCUT2D eigenvalue weighted by Gasteiger charge is 2.12. The SMILES string of the molecule is CCCc1ccc(C#N)c(SCC(=O)[O-])[nH+]1. The maximum atomic E-state index is 10.4. The first-order chi connectivity index (χ1) is 7.67. The van der Waals surface area contributed by atoms with E-state index < -0.39 is 5.97 Å². The van der Waals surface area contributed by atoms with Crippen molar-refractivity contribution < 1.29 is 14.9 Å². The number of carboxylic acids is 1. The fourth-order valence-electron chi connectivity index (χ4n) is 1.26. The fraction of sp³-hybridized carbons (Fsp3) is 0.364. The maximum Gasteiger partial charge on any atom is 0.256 e. The lowest BCUT2D eigenvalue weighted by atomic mass is 10.2. The topological polar surface area (TPSA) is 78.1 Å². The van der Waals surface area contributed by atoms with Crippen LogP contribution in [0, 0.1) is 11.3 Å². The van der Waals surface area contributed by atoms with Crippen molar-refractivity contribution in [2.45, 2.75) is 24.8 Å². The maximum absolute atomic E-state index is 10.4. The van der Waals surface area contributed by atoms with Crippen molar-refractivity contribution in [3.05, 3.63) is 23.4 Å². The number of carbonyl (C=O) groups is 1. The highest BCUT2D eigenvalue weighted by Crippen LogP contribution is 2.17. The summed E-state index contributed by atoms with van der Waals surface area (Å²) in [5, 5.41) is 19.8. The van der Waals surface area contributed by atoms with E-state index in [0.29, 0.717) is 10.6 Å². The lowest BCUT2D eigenvalue weighted by Gasteiger charge is -2.00. The fourth-order valence-corrected chi connectivity index (χ4v) is 2.00. The van der Waals surface area contributed by atoms with Gasteiger partial charge in [0.2, 0.25) is 0 Å². The van der Waals surface area contributed by atoms with Crippen molar-refractivity contribution in [3.8, 4) is 6.07 Å². The van der Waals surface area contributed by atoms with Gasteiger partial charge >= 0.3 is 0 Å². The van der Waals surface area contributed by atoms with E-state index in [4.69, 9.17) is 5.26 Å². The molecule has 0 radical (unpaired) electrons. The molecule has 0 saturated carbocycles. The van der Waals surface area contributed by atoms with Gasteiger partial charge in [-0.25, -0.2) is 4.98 Å². The molecule has 0 aromatic carbocycles. The normalized spacial score (nSPS) is 9.75. The predicted octanol–water partition coefficient (Wildman–Crippen LogP) is 0.167. The number of rotatable bonds is 5. The van der Waals surface area contributed by atoms with Crippen molar-refractivity contribution in [1.29, 1.82) is 5.26 Å². The van der Waals surface area contributed by atoms with Gasteiger partial charge in [-0.05, 0) is 24.2 Å². The number of H-pyrrole nitrogens is 1. The summed E-state index contributed by atoms with van der Waals surface area (Å²) in [5.41, 5.74) is 1.47. The van der Waals surface area contributed by atoms with Gasteiger partial charge in [0.25, 0.3) is 5.03 Å². The van der Waals surface area contributed by atoms with Gasteiger partial charge in [-0.1, -0.05) is 6.92 Å². The standard InChI is InChI=1S/C11H12N2O2S/c1-2-3-9-5-4-8(6-12)11(13-9)16-7-10(14)15/h4-5H,2-3,7H2,1H3,(H,14,15). The minimum atomic E-state index is -1.14. The van der Waals surface area contributed by atoms with Crippen LogP contribution in [-0.4, -0.2) is 11.7 Å². The minimum absolute atomic E-state index is 0.152. The smallest absolute Gasteiger partial charge is 0.256 e. The predicted molar refractivity (Wildman–Crippen MR) is 57.4 cm³/mol. The van der Waals surface area contributed by atoms with Crippen LogP contribution in [0.2, 0.25) is 0 Å². The minimum Gasteiger partial charge on any atom is -0.549 e. The van der Waals surface area contributed by atoms with Gasteiger partial charge in [0.05, 0.1) is 5.97 Å². The van der Waals surface area contributed by atoms with E-state index >= 15 is 0 Å². The molecule has 0 fully saturated rings. The first-order valence-corrected chi connectivity index (χ1v) is 5.94. The Hall–Kier alpha value is -1.54. The second-order valence-corrected chi connectivity index (χ2v) is 4.23. The number of nitrogens with one attached hydrogen (secondary N) is 1. The highest BCUT2D eigenvalue weighted by molar-refractivity contribution is 7.99. The zero-order valence-electron chi connectivity index (χ0n) is 8.95. The van der Waals surface area contributed by atoms with Crippen molar-refractivity contribution in [2.75, 3.05) is 5.75 Å². The van der Waals surface area contributed by atoms with Crippen LogP contribution in [0.25, 0.3) is 0 Å². The lowest BCUT2D eigenvalue weighted by molar-refractivity contribution is -0.438. The summed E-state index contributed by atoms with van der Waals surface area (Å²) in [4.78, 5) is 13.4. The first-order valence-electron chi connectivity index (χ1n) is 4.95. The zero-order valence-corrected chi connectivity index (χ0v) is 9.76. The van der Waals surface area contributed by atoms with Crippen LogP contribution >= 0.6 is 11.8 Å². The number of thioether (sulfide) groups is 1. The van der Waals surface area contributed by atoms with E-state index in [1.165, 1.54) is 0 Å². The van der Waals surface area contributed by atoms with E-state index in [1.54, 1.807) is 6.07 Å². The Kier molecular flexibility index (Phi) is 4.80. The van der Waals surface area contributed by atoms with Gasteiger partial charge < -0.3 is 9.90 Å². The molecule has 0 amide bonds. The number of nitriles is 1. The molecule has 1 N–H and O–H groups in total. The molecule has 0 aliphatic heterocycles. The Morgan fingerprint density at radius 1 is 1.62 bits per heavy atom. The van der Waals surface area contributed by atoms with Crippen molar-refractivity contribution in [1.82, 2.24) is 0 Å². The molecule has 0 unspecified atom stereocenters. The monoisotopic (exact) mass is 236 g/mol. The Morgan fingerprint density at radius 3 is 2.94 bits per heavy atom. The summed E-state index contributed by atoms with van der Waals surface area (Å²) in [6, 6.07) is 5.58. The molecule has 0 aliphatic rings. The molecule has 5 heteroatoms. The molecular weight excluding hydrogens is 224 g/mol. The van der Waals surface area contributed by atoms with Gasteiger partial charge in [0, 0.05) is 18.2 Å². The number of pyridine rings is 1. The van der Waals surface area contributed by atoms with Crippen molar-refractivity contribution in [2.24, 2.45) is 0 Å². The second-order valence-electron chi connectivity index (χ2n) is 3.25. The molecule has 4 nitrogen and oxygen atoms in total. The van der Waals surface area contributed by atoms with Gasteiger partial charge in [0.1, 0.15) is 11.6 Å². The van der Waals surface area contributed by atoms with Crippen LogP contribution in [-0.2, 0) is 11.2 Å². The number of aromatic nitrogens is 1. The average Bonchev–Trinajstić information content (AvgIpc) is 2.27.